The number of rotatable bonds is 5. The molecular weight excluding hydrogens is 492 g/mol. The number of halogens is 1. The van der Waals surface area contributed by atoms with Crippen molar-refractivity contribution in [2.75, 3.05) is 28.6 Å². The van der Waals surface area contributed by atoms with Gasteiger partial charge >= 0.3 is 0 Å². The number of sulfonamides is 1. The molecule has 11 heteroatoms. The van der Waals surface area contributed by atoms with Crippen LogP contribution < -0.4 is 20.3 Å². The van der Waals surface area contributed by atoms with E-state index >= 15 is 0 Å². The first-order valence-electron chi connectivity index (χ1n) is 9.21. The predicted molar refractivity (Wildman–Crippen MR) is 123 cm³/mol. The highest BCUT2D eigenvalue weighted by molar-refractivity contribution is 9.11. The average Bonchev–Trinajstić information content (AvgIpc) is 3.08. The Morgan fingerprint density at radius 1 is 1.23 bits per heavy atom. The van der Waals surface area contributed by atoms with E-state index in [0.29, 0.717) is 29.3 Å². The van der Waals surface area contributed by atoms with E-state index < -0.39 is 15.6 Å². The van der Waals surface area contributed by atoms with Crippen LogP contribution in [-0.2, 0) is 14.8 Å². The lowest BCUT2D eigenvalue weighted by atomic mass is 10.0. The van der Waals surface area contributed by atoms with E-state index in [0.717, 1.165) is 9.35 Å². The van der Waals surface area contributed by atoms with Crippen LogP contribution >= 0.6 is 27.3 Å². The molecule has 0 aliphatic carbocycles. The highest BCUT2D eigenvalue weighted by Crippen LogP contribution is 2.27. The van der Waals surface area contributed by atoms with Gasteiger partial charge in [0.2, 0.25) is 15.9 Å². The van der Waals surface area contributed by atoms with Crippen molar-refractivity contribution in [2.24, 2.45) is 0 Å². The molecule has 1 fully saturated rings. The lowest BCUT2D eigenvalue weighted by Gasteiger charge is -2.30. The van der Waals surface area contributed by atoms with Gasteiger partial charge in [-0.1, -0.05) is 0 Å². The number of aryl methyl sites for hydroxylation is 1. The van der Waals surface area contributed by atoms with Crippen LogP contribution in [0.15, 0.2) is 34.1 Å². The third-order valence-electron chi connectivity index (χ3n) is 4.63. The third-order valence-corrected chi connectivity index (χ3v) is 7.87. The molecule has 0 radical (unpaired) electrons. The van der Waals surface area contributed by atoms with E-state index in [1.54, 1.807) is 51.1 Å². The molecule has 1 aliphatic heterocycles. The Morgan fingerprint density at radius 2 is 1.97 bits per heavy atom. The Morgan fingerprint density at radius 3 is 2.57 bits per heavy atom. The summed E-state index contributed by atoms with van der Waals surface area (Å²) in [7, 11) is -3.41. The first-order valence-corrected chi connectivity index (χ1v) is 12.4. The van der Waals surface area contributed by atoms with E-state index in [-0.39, 0.29) is 17.7 Å². The molecule has 1 aliphatic rings. The van der Waals surface area contributed by atoms with Crippen molar-refractivity contribution < 1.29 is 18.0 Å². The van der Waals surface area contributed by atoms with Crippen LogP contribution in [0.4, 0.5) is 11.4 Å². The number of nitrogens with zero attached hydrogens (tertiary/aromatic N) is 1. The second kappa shape index (κ2) is 8.66. The van der Waals surface area contributed by atoms with Gasteiger partial charge in [0.25, 0.3) is 5.91 Å². The molecule has 1 aromatic heterocycles. The minimum atomic E-state index is -3.41. The molecule has 3 rings (SSSR count). The monoisotopic (exact) mass is 514 g/mol. The predicted octanol–water partition coefficient (Wildman–Crippen LogP) is 2.66. The van der Waals surface area contributed by atoms with E-state index in [9.17, 15) is 18.0 Å². The number of carbonyl (C=O) groups excluding carboxylic acids is 2. The summed E-state index contributed by atoms with van der Waals surface area (Å²) in [4.78, 5) is 25.7. The van der Waals surface area contributed by atoms with Crippen LogP contribution in [0.25, 0.3) is 0 Å². The summed E-state index contributed by atoms with van der Waals surface area (Å²) < 4.78 is 26.8. The normalized spacial score (nSPS) is 16.2. The molecule has 0 spiro atoms. The zero-order valence-corrected chi connectivity index (χ0v) is 20.0. The Bertz CT molecular complexity index is 1080. The van der Waals surface area contributed by atoms with E-state index in [1.165, 1.54) is 15.6 Å². The van der Waals surface area contributed by atoms with Crippen molar-refractivity contribution in [3.05, 3.63) is 44.6 Å². The first-order chi connectivity index (χ1) is 14.0. The van der Waals surface area contributed by atoms with Crippen LogP contribution in [0.5, 0.6) is 0 Å². The van der Waals surface area contributed by atoms with Crippen LogP contribution in [-0.4, -0.2) is 44.7 Å². The molecule has 30 heavy (non-hydrogen) atoms. The van der Waals surface area contributed by atoms with Crippen LogP contribution in [0.2, 0.25) is 0 Å². The van der Waals surface area contributed by atoms with Gasteiger partial charge in [0.1, 0.15) is 11.4 Å². The fraction of sp³-hybridized carbons (Fsp3) is 0.368. The maximum atomic E-state index is 12.8. The molecule has 1 saturated heterocycles. The van der Waals surface area contributed by atoms with Crippen LogP contribution in [0, 0.1) is 6.92 Å². The number of hydrogen-bond acceptors (Lipinski definition) is 6. The van der Waals surface area contributed by atoms with Gasteiger partial charge in [0.15, 0.2) is 0 Å². The molecule has 1 aromatic carbocycles. The summed E-state index contributed by atoms with van der Waals surface area (Å²) >= 11 is 4.60. The van der Waals surface area contributed by atoms with Crippen molar-refractivity contribution in [3.8, 4) is 0 Å². The molecule has 3 N–H and O–H groups in total. The SMILES string of the molecule is Cc1cc(NC(=O)C(C)(C)NC(=O)c2ccc(Br)s2)ccc1N1CCNCS1(=O)=O. The molecule has 8 nitrogen and oxygen atoms in total. The van der Waals surface area contributed by atoms with Crippen molar-refractivity contribution >= 4 is 60.5 Å². The minimum absolute atomic E-state index is 0.0976. The number of nitrogens with one attached hydrogen (secondary N) is 3. The maximum absolute atomic E-state index is 12.8. The fourth-order valence-corrected chi connectivity index (χ4v) is 5.72. The molecule has 2 aromatic rings. The summed E-state index contributed by atoms with van der Waals surface area (Å²) in [5.41, 5.74) is 0.686. The van der Waals surface area contributed by atoms with Crippen molar-refractivity contribution in [2.45, 2.75) is 26.3 Å². The van der Waals surface area contributed by atoms with E-state index in [4.69, 9.17) is 0 Å². The van der Waals surface area contributed by atoms with Gasteiger partial charge in [-0.15, -0.1) is 11.3 Å². The van der Waals surface area contributed by atoms with E-state index in [1.807, 2.05) is 0 Å². The smallest absolute Gasteiger partial charge is 0.262 e. The summed E-state index contributed by atoms with van der Waals surface area (Å²) in [5, 5.41) is 8.39. The van der Waals surface area contributed by atoms with Crippen LogP contribution in [0.3, 0.4) is 0 Å². The standard InChI is InChI=1S/C19H23BrN4O4S2/c1-12-10-13(4-5-14(12)24-9-8-21-11-30(24,27)28)22-18(26)19(2,3)23-17(25)15-6-7-16(20)29-15/h4-7,10,21H,8-9,11H2,1-3H3,(H,22,26)(H,23,25). The fourth-order valence-electron chi connectivity index (χ4n) is 3.01. The van der Waals surface area contributed by atoms with Crippen molar-refractivity contribution in [1.29, 1.82) is 0 Å². The Hall–Kier alpha value is -1.95. The summed E-state index contributed by atoms with van der Waals surface area (Å²) in [6.07, 6.45) is 0. The van der Waals surface area contributed by atoms with Crippen LogP contribution in [0.1, 0.15) is 29.1 Å². The first kappa shape index (κ1) is 22.7. The number of amides is 2. The van der Waals surface area contributed by atoms with Crippen molar-refractivity contribution in [1.82, 2.24) is 10.6 Å². The number of anilines is 2. The van der Waals surface area contributed by atoms with Gasteiger partial charge < -0.3 is 16.0 Å². The zero-order chi connectivity index (χ0) is 22.1. The zero-order valence-electron chi connectivity index (χ0n) is 16.8. The minimum Gasteiger partial charge on any atom is -0.337 e. The molecule has 0 saturated carbocycles. The Balaban J connectivity index is 1.71. The molecular formula is C19H23BrN4O4S2. The van der Waals surface area contributed by atoms with Gasteiger partial charge in [-0.05, 0) is 72.6 Å². The Labute approximate surface area is 188 Å². The second-order valence-electron chi connectivity index (χ2n) is 7.47. The summed E-state index contributed by atoms with van der Waals surface area (Å²) in [6.45, 7) is 5.97. The number of hydrogen-bond donors (Lipinski definition) is 3. The molecule has 0 unspecified atom stereocenters. The molecule has 162 valence electrons. The quantitative estimate of drug-likeness (QED) is 0.568. The molecule has 0 atom stereocenters. The highest BCUT2D eigenvalue weighted by Gasteiger charge is 2.31. The maximum Gasteiger partial charge on any atom is 0.262 e. The third kappa shape index (κ3) is 5.02. The van der Waals surface area contributed by atoms with Crippen molar-refractivity contribution in [3.63, 3.8) is 0 Å². The summed E-state index contributed by atoms with van der Waals surface area (Å²) in [5.74, 6) is -0.811. The average molecular weight is 515 g/mol. The molecule has 0 bridgehead atoms. The molecule has 2 amide bonds. The lowest BCUT2D eigenvalue weighted by Crippen LogP contribution is -2.52. The van der Waals surface area contributed by atoms with Gasteiger partial charge in [-0.3, -0.25) is 13.9 Å². The number of carbonyl (C=O) groups is 2. The topological polar surface area (TPSA) is 108 Å². The van der Waals surface area contributed by atoms with Gasteiger partial charge in [-0.25, -0.2) is 8.42 Å². The molecule has 2 heterocycles. The van der Waals surface area contributed by atoms with Gasteiger partial charge in [-0.2, -0.15) is 0 Å². The lowest BCUT2D eigenvalue weighted by molar-refractivity contribution is -0.120. The van der Waals surface area contributed by atoms with Gasteiger partial charge in [0, 0.05) is 18.8 Å². The number of thiophene rings is 1. The largest absolute Gasteiger partial charge is 0.337 e. The van der Waals surface area contributed by atoms with Gasteiger partial charge in [0.05, 0.1) is 14.4 Å². The Kier molecular flexibility index (Phi) is 6.56. The van der Waals surface area contributed by atoms with E-state index in [2.05, 4.69) is 31.9 Å². The second-order valence-corrected chi connectivity index (χ2v) is 11.8. The summed E-state index contributed by atoms with van der Waals surface area (Å²) in [6, 6.07) is 8.52. The number of benzene rings is 1. The highest BCUT2D eigenvalue weighted by atomic mass is 79.9.